The number of benzene rings is 2. The average Bonchev–Trinajstić information content (AvgIpc) is 2.92. The van der Waals surface area contributed by atoms with E-state index in [1.54, 1.807) is 0 Å². The van der Waals surface area contributed by atoms with Crippen LogP contribution in [-0.2, 0) is 13.0 Å². The fraction of sp³-hybridized carbons (Fsp3) is 0.318. The molecule has 0 atom stereocenters. The van der Waals surface area contributed by atoms with Crippen molar-refractivity contribution in [2.24, 2.45) is 0 Å². The fourth-order valence-corrected chi connectivity index (χ4v) is 3.63. The predicted octanol–water partition coefficient (Wildman–Crippen LogP) is 4.54. The zero-order valence-corrected chi connectivity index (χ0v) is 15.8. The smallest absolute Gasteiger partial charge is 0.255 e. The first-order chi connectivity index (χ1) is 13.1. The van der Waals surface area contributed by atoms with Gasteiger partial charge in [-0.15, -0.1) is 10.2 Å². The third-order valence-corrected chi connectivity index (χ3v) is 5.34. The highest BCUT2D eigenvalue weighted by Crippen LogP contribution is 2.25. The summed E-state index contributed by atoms with van der Waals surface area (Å²) in [5.74, 6) is 1.86. The lowest BCUT2D eigenvalue weighted by Crippen LogP contribution is -2.14. The van der Waals surface area contributed by atoms with E-state index in [0.717, 1.165) is 53.4 Å². The number of fused-ring (bicyclic) bond motifs is 1. The number of hydrogen-bond donors (Lipinski definition) is 1. The van der Waals surface area contributed by atoms with Crippen LogP contribution < -0.4 is 5.32 Å². The average molecular weight is 360 g/mol. The van der Waals surface area contributed by atoms with Gasteiger partial charge in [-0.2, -0.15) is 0 Å². The molecule has 0 fully saturated rings. The van der Waals surface area contributed by atoms with Crippen LogP contribution in [0.1, 0.15) is 46.6 Å². The van der Waals surface area contributed by atoms with Gasteiger partial charge >= 0.3 is 0 Å². The Morgan fingerprint density at radius 2 is 1.89 bits per heavy atom. The topological polar surface area (TPSA) is 59.8 Å². The lowest BCUT2D eigenvalue weighted by molar-refractivity contribution is 0.102. The second-order valence-corrected chi connectivity index (χ2v) is 7.18. The minimum atomic E-state index is -0.0894. The number of amides is 1. The van der Waals surface area contributed by atoms with E-state index >= 15 is 0 Å². The van der Waals surface area contributed by atoms with Crippen LogP contribution in [0, 0.1) is 13.8 Å². The minimum absolute atomic E-state index is 0.0894. The number of nitrogens with zero attached hydrogens (tertiary/aromatic N) is 3. The molecule has 3 aromatic rings. The number of nitrogens with one attached hydrogen (secondary N) is 1. The Morgan fingerprint density at radius 1 is 1.04 bits per heavy atom. The second-order valence-electron chi connectivity index (χ2n) is 7.18. The van der Waals surface area contributed by atoms with E-state index < -0.39 is 0 Å². The van der Waals surface area contributed by atoms with Gasteiger partial charge in [-0.25, -0.2) is 0 Å². The van der Waals surface area contributed by atoms with E-state index in [9.17, 15) is 4.79 Å². The lowest BCUT2D eigenvalue weighted by Gasteiger charge is -2.11. The van der Waals surface area contributed by atoms with Crippen LogP contribution in [0.15, 0.2) is 42.5 Å². The standard InChI is InChI=1S/C22H24N4O/c1-15-8-6-11-19(16(15)2)22(27)23-18-10-7-9-17(14-18)21-25-24-20-12-4-3-5-13-26(20)21/h6-11,14H,3-5,12-13H2,1-2H3,(H,23,27). The van der Waals surface area contributed by atoms with Crippen molar-refractivity contribution in [3.8, 4) is 11.4 Å². The summed E-state index contributed by atoms with van der Waals surface area (Å²) >= 11 is 0. The van der Waals surface area contributed by atoms with Crippen LogP contribution in [0.2, 0.25) is 0 Å². The highest BCUT2D eigenvalue weighted by Gasteiger charge is 2.17. The van der Waals surface area contributed by atoms with Crippen molar-refractivity contribution < 1.29 is 4.79 Å². The molecule has 1 aromatic heterocycles. The molecule has 1 aliphatic heterocycles. The molecule has 0 aliphatic carbocycles. The summed E-state index contributed by atoms with van der Waals surface area (Å²) in [6.07, 6.45) is 4.54. The van der Waals surface area contributed by atoms with Crippen LogP contribution in [0.3, 0.4) is 0 Å². The third-order valence-electron chi connectivity index (χ3n) is 5.34. The van der Waals surface area contributed by atoms with Gasteiger partial charge < -0.3 is 9.88 Å². The number of rotatable bonds is 3. The monoisotopic (exact) mass is 360 g/mol. The SMILES string of the molecule is Cc1cccc(C(=O)Nc2cccc(-c3nnc4n3CCCCC4)c2)c1C. The summed E-state index contributed by atoms with van der Waals surface area (Å²) in [4.78, 5) is 12.7. The number of carbonyl (C=O) groups excluding carboxylic acids is 1. The Kier molecular flexibility index (Phi) is 4.75. The van der Waals surface area contributed by atoms with E-state index in [-0.39, 0.29) is 5.91 Å². The Morgan fingerprint density at radius 3 is 2.78 bits per heavy atom. The van der Waals surface area contributed by atoms with Gasteiger partial charge in [0.15, 0.2) is 5.82 Å². The van der Waals surface area contributed by atoms with Gasteiger partial charge in [-0.05, 0) is 56.0 Å². The fourth-order valence-electron chi connectivity index (χ4n) is 3.63. The van der Waals surface area contributed by atoms with Crippen molar-refractivity contribution in [1.82, 2.24) is 14.8 Å². The van der Waals surface area contributed by atoms with Crippen molar-refractivity contribution in [2.45, 2.75) is 46.1 Å². The molecule has 4 rings (SSSR count). The van der Waals surface area contributed by atoms with Crippen LogP contribution in [0.4, 0.5) is 5.69 Å². The molecule has 0 radical (unpaired) electrons. The maximum Gasteiger partial charge on any atom is 0.255 e. The van der Waals surface area contributed by atoms with Gasteiger partial charge in [-0.3, -0.25) is 4.79 Å². The van der Waals surface area contributed by atoms with E-state index in [1.807, 2.05) is 56.3 Å². The number of aromatic nitrogens is 3. The molecule has 0 saturated heterocycles. The maximum absolute atomic E-state index is 12.7. The molecule has 1 aliphatic rings. The Bertz CT molecular complexity index is 990. The predicted molar refractivity (Wildman–Crippen MR) is 107 cm³/mol. The summed E-state index contributed by atoms with van der Waals surface area (Å²) in [5.41, 5.74) is 4.58. The summed E-state index contributed by atoms with van der Waals surface area (Å²) in [6.45, 7) is 4.95. The van der Waals surface area contributed by atoms with Gasteiger partial charge in [0.25, 0.3) is 5.91 Å². The van der Waals surface area contributed by atoms with Gasteiger partial charge in [0.1, 0.15) is 5.82 Å². The van der Waals surface area contributed by atoms with Crippen molar-refractivity contribution >= 4 is 11.6 Å². The number of anilines is 1. The molecular weight excluding hydrogens is 336 g/mol. The highest BCUT2D eigenvalue weighted by molar-refractivity contribution is 6.05. The molecule has 27 heavy (non-hydrogen) atoms. The lowest BCUT2D eigenvalue weighted by atomic mass is 10.0. The second kappa shape index (κ2) is 7.35. The summed E-state index contributed by atoms with van der Waals surface area (Å²) in [5, 5.41) is 11.8. The van der Waals surface area contributed by atoms with Crippen LogP contribution in [0.5, 0.6) is 0 Å². The molecular formula is C22H24N4O. The largest absolute Gasteiger partial charge is 0.322 e. The summed E-state index contributed by atoms with van der Waals surface area (Å²) in [6, 6.07) is 13.7. The Balaban J connectivity index is 1.61. The third kappa shape index (κ3) is 3.50. The van der Waals surface area contributed by atoms with Crippen LogP contribution >= 0.6 is 0 Å². The van der Waals surface area contributed by atoms with E-state index in [2.05, 4.69) is 20.1 Å². The van der Waals surface area contributed by atoms with E-state index in [4.69, 9.17) is 0 Å². The molecule has 0 unspecified atom stereocenters. The molecule has 2 aromatic carbocycles. The Labute approximate surface area is 159 Å². The first kappa shape index (κ1) is 17.5. The van der Waals surface area contributed by atoms with Gasteiger partial charge in [0.05, 0.1) is 0 Å². The normalized spacial score (nSPS) is 13.7. The van der Waals surface area contributed by atoms with Crippen molar-refractivity contribution in [3.63, 3.8) is 0 Å². The highest BCUT2D eigenvalue weighted by atomic mass is 16.1. The molecule has 0 saturated carbocycles. The number of aryl methyl sites for hydroxylation is 2. The quantitative estimate of drug-likeness (QED) is 0.746. The molecule has 5 heteroatoms. The van der Waals surface area contributed by atoms with Gasteiger partial charge in [0, 0.05) is 29.8 Å². The Hall–Kier alpha value is -2.95. The minimum Gasteiger partial charge on any atom is -0.322 e. The van der Waals surface area contributed by atoms with Crippen LogP contribution in [-0.4, -0.2) is 20.7 Å². The molecule has 5 nitrogen and oxygen atoms in total. The van der Waals surface area contributed by atoms with Crippen molar-refractivity contribution in [1.29, 1.82) is 0 Å². The first-order valence-electron chi connectivity index (χ1n) is 9.53. The zero-order chi connectivity index (χ0) is 18.8. The molecule has 0 spiro atoms. The number of carbonyl (C=O) groups is 1. The van der Waals surface area contributed by atoms with Gasteiger partial charge in [0.2, 0.25) is 0 Å². The first-order valence-corrected chi connectivity index (χ1v) is 9.53. The molecule has 0 bridgehead atoms. The van der Waals surface area contributed by atoms with E-state index in [0.29, 0.717) is 5.56 Å². The molecule has 1 amide bonds. The van der Waals surface area contributed by atoms with Crippen molar-refractivity contribution in [2.75, 3.05) is 5.32 Å². The van der Waals surface area contributed by atoms with Gasteiger partial charge in [-0.1, -0.05) is 30.7 Å². The molecule has 1 N–H and O–H groups in total. The zero-order valence-electron chi connectivity index (χ0n) is 15.8. The molecule has 138 valence electrons. The maximum atomic E-state index is 12.7. The van der Waals surface area contributed by atoms with Crippen molar-refractivity contribution in [3.05, 3.63) is 65.0 Å². The summed E-state index contributed by atoms with van der Waals surface area (Å²) < 4.78 is 2.22. The summed E-state index contributed by atoms with van der Waals surface area (Å²) in [7, 11) is 0. The number of hydrogen-bond acceptors (Lipinski definition) is 3. The van der Waals surface area contributed by atoms with Crippen LogP contribution in [0.25, 0.3) is 11.4 Å². The molecule has 2 heterocycles. The van der Waals surface area contributed by atoms with E-state index in [1.165, 1.54) is 12.8 Å².